The number of unbranched alkanes of at least 4 members (excludes halogenated alkanes) is 2. The summed E-state index contributed by atoms with van der Waals surface area (Å²) in [5, 5.41) is 0. The highest BCUT2D eigenvalue weighted by Crippen LogP contribution is 2.00. The Bertz CT molecular complexity index is 457. The number of ether oxygens (including phenoxy) is 9. The van der Waals surface area contributed by atoms with Gasteiger partial charge in [0.2, 0.25) is 0 Å². The topological polar surface area (TPSA) is 103 Å². The zero-order chi connectivity index (χ0) is 27.1. The molecule has 0 spiro atoms. The van der Waals surface area contributed by atoms with E-state index in [1.807, 2.05) is 14.1 Å². The van der Waals surface area contributed by atoms with E-state index in [1.54, 1.807) is 0 Å². The van der Waals surface area contributed by atoms with Crippen molar-refractivity contribution < 1.29 is 47.4 Å². The molecular weight excluding hydrogens is 486 g/mol. The molecule has 0 aliphatic carbocycles. The van der Waals surface area contributed by atoms with Gasteiger partial charge in [0.25, 0.3) is 0 Å². The van der Waals surface area contributed by atoms with Crippen LogP contribution in [0.4, 0.5) is 0 Å². The standard InChI is InChI=1S/C26H53NO10/c1-4-5-6-7-26(28)37-25-24-36-23-22-35-21-20-34-19-18-33-17-16-32-15-14-31-13-12-30-11-10-29-9-8-27(2)3/h4-25H2,1-3H3. The Balaban J connectivity index is 3.07. The lowest BCUT2D eigenvalue weighted by Crippen LogP contribution is -2.19. The summed E-state index contributed by atoms with van der Waals surface area (Å²) >= 11 is 0. The Labute approximate surface area is 224 Å². The molecule has 0 aromatic carbocycles. The molecule has 0 radical (unpaired) electrons. The van der Waals surface area contributed by atoms with E-state index >= 15 is 0 Å². The van der Waals surface area contributed by atoms with Crippen LogP contribution in [0, 0.1) is 0 Å². The summed E-state index contributed by atoms with van der Waals surface area (Å²) in [5.41, 5.74) is 0. The van der Waals surface area contributed by atoms with Crippen molar-refractivity contribution in [3.8, 4) is 0 Å². The van der Waals surface area contributed by atoms with Crippen LogP contribution >= 0.6 is 0 Å². The Kier molecular flexibility index (Phi) is 30.6. The van der Waals surface area contributed by atoms with Crippen molar-refractivity contribution in [3.05, 3.63) is 0 Å². The lowest BCUT2D eigenvalue weighted by molar-refractivity contribution is -0.145. The van der Waals surface area contributed by atoms with Crippen LogP contribution in [0.25, 0.3) is 0 Å². The minimum absolute atomic E-state index is 0.155. The molecule has 37 heavy (non-hydrogen) atoms. The third-order valence-corrected chi connectivity index (χ3v) is 4.76. The van der Waals surface area contributed by atoms with Crippen LogP contribution < -0.4 is 0 Å². The normalized spacial score (nSPS) is 11.5. The van der Waals surface area contributed by atoms with Crippen molar-refractivity contribution >= 4 is 5.97 Å². The number of hydrogen-bond acceptors (Lipinski definition) is 11. The van der Waals surface area contributed by atoms with Gasteiger partial charge in [0.1, 0.15) is 6.61 Å². The van der Waals surface area contributed by atoms with Gasteiger partial charge >= 0.3 is 5.97 Å². The number of likely N-dealkylation sites (N-methyl/N-ethyl adjacent to an activating group) is 1. The number of carbonyl (C=O) groups is 1. The van der Waals surface area contributed by atoms with Crippen LogP contribution in [0.3, 0.4) is 0 Å². The molecule has 0 atom stereocenters. The van der Waals surface area contributed by atoms with Crippen molar-refractivity contribution in [1.29, 1.82) is 0 Å². The Morgan fingerprint density at radius 1 is 0.486 bits per heavy atom. The van der Waals surface area contributed by atoms with E-state index in [1.165, 1.54) is 0 Å². The van der Waals surface area contributed by atoms with E-state index < -0.39 is 0 Å². The highest BCUT2D eigenvalue weighted by molar-refractivity contribution is 5.69. The number of carbonyl (C=O) groups excluding carboxylic acids is 1. The molecule has 11 nitrogen and oxygen atoms in total. The summed E-state index contributed by atoms with van der Waals surface area (Å²) in [5.74, 6) is -0.155. The molecule has 0 N–H and O–H groups in total. The predicted octanol–water partition coefficient (Wildman–Crippen LogP) is 1.80. The Hall–Kier alpha value is -0.890. The zero-order valence-electron chi connectivity index (χ0n) is 23.6. The fraction of sp³-hybridized carbons (Fsp3) is 0.962. The second-order valence-corrected chi connectivity index (χ2v) is 8.38. The third-order valence-electron chi connectivity index (χ3n) is 4.76. The van der Waals surface area contributed by atoms with Crippen LogP contribution in [0.2, 0.25) is 0 Å². The molecule has 0 aromatic rings. The largest absolute Gasteiger partial charge is 0.463 e. The van der Waals surface area contributed by atoms with Crippen LogP contribution in [0.1, 0.15) is 32.6 Å². The average Bonchev–Trinajstić information content (AvgIpc) is 2.88. The van der Waals surface area contributed by atoms with Gasteiger partial charge in [-0.15, -0.1) is 0 Å². The maximum absolute atomic E-state index is 11.4. The second-order valence-electron chi connectivity index (χ2n) is 8.38. The first-order valence-electron chi connectivity index (χ1n) is 13.6. The van der Waals surface area contributed by atoms with Crippen LogP contribution in [0.5, 0.6) is 0 Å². The SMILES string of the molecule is CCCCCC(=O)OCCOCCOCCOCCOCCOCCOCCOCCOCCN(C)C. The first-order valence-corrected chi connectivity index (χ1v) is 13.6. The summed E-state index contributed by atoms with van der Waals surface area (Å²) in [6, 6.07) is 0. The summed E-state index contributed by atoms with van der Waals surface area (Å²) in [7, 11) is 4.04. The van der Waals surface area contributed by atoms with E-state index in [4.69, 9.17) is 42.6 Å². The molecule has 0 amide bonds. The number of esters is 1. The minimum atomic E-state index is -0.155. The van der Waals surface area contributed by atoms with Gasteiger partial charge in [0.05, 0.1) is 106 Å². The summed E-state index contributed by atoms with van der Waals surface area (Å²) in [6.07, 6.45) is 3.51. The first kappa shape index (κ1) is 36.1. The van der Waals surface area contributed by atoms with E-state index in [0.29, 0.717) is 106 Å². The highest BCUT2D eigenvalue weighted by Gasteiger charge is 2.01. The van der Waals surface area contributed by atoms with Crippen molar-refractivity contribution in [2.45, 2.75) is 32.6 Å². The lowest BCUT2D eigenvalue weighted by Gasteiger charge is -2.10. The van der Waals surface area contributed by atoms with Gasteiger partial charge in [0, 0.05) is 13.0 Å². The molecular formula is C26H53NO10. The molecule has 0 rings (SSSR count). The molecule has 0 aliphatic heterocycles. The van der Waals surface area contributed by atoms with Gasteiger partial charge < -0.3 is 47.5 Å². The lowest BCUT2D eigenvalue weighted by atomic mass is 10.2. The highest BCUT2D eigenvalue weighted by atomic mass is 16.6. The van der Waals surface area contributed by atoms with Gasteiger partial charge in [-0.05, 0) is 20.5 Å². The monoisotopic (exact) mass is 539 g/mol. The second kappa shape index (κ2) is 31.3. The van der Waals surface area contributed by atoms with Crippen LogP contribution in [0.15, 0.2) is 0 Å². The first-order chi connectivity index (χ1) is 18.2. The van der Waals surface area contributed by atoms with Gasteiger partial charge in [-0.25, -0.2) is 0 Å². The van der Waals surface area contributed by atoms with E-state index in [2.05, 4.69) is 11.8 Å². The van der Waals surface area contributed by atoms with Gasteiger partial charge in [0.15, 0.2) is 0 Å². The van der Waals surface area contributed by atoms with Crippen molar-refractivity contribution in [3.63, 3.8) is 0 Å². The quantitative estimate of drug-likeness (QED) is 0.0952. The molecule has 0 bridgehead atoms. The van der Waals surface area contributed by atoms with Crippen LogP contribution in [-0.4, -0.2) is 144 Å². The number of nitrogens with zero attached hydrogens (tertiary/aromatic N) is 1. The maximum atomic E-state index is 11.4. The van der Waals surface area contributed by atoms with E-state index in [0.717, 1.165) is 32.4 Å². The molecule has 11 heteroatoms. The van der Waals surface area contributed by atoms with Gasteiger partial charge in [-0.1, -0.05) is 19.8 Å². The van der Waals surface area contributed by atoms with Crippen molar-refractivity contribution in [1.82, 2.24) is 4.90 Å². The molecule has 0 saturated heterocycles. The molecule has 0 saturated carbocycles. The number of rotatable bonds is 31. The minimum Gasteiger partial charge on any atom is -0.463 e. The Morgan fingerprint density at radius 3 is 1.14 bits per heavy atom. The van der Waals surface area contributed by atoms with Crippen molar-refractivity contribution in [2.24, 2.45) is 0 Å². The van der Waals surface area contributed by atoms with Gasteiger partial charge in [-0.3, -0.25) is 4.79 Å². The Morgan fingerprint density at radius 2 is 0.811 bits per heavy atom. The predicted molar refractivity (Wildman–Crippen MR) is 140 cm³/mol. The van der Waals surface area contributed by atoms with E-state index in [9.17, 15) is 4.79 Å². The fourth-order valence-corrected chi connectivity index (χ4v) is 2.69. The smallest absolute Gasteiger partial charge is 0.305 e. The molecule has 0 aliphatic rings. The van der Waals surface area contributed by atoms with Crippen LogP contribution in [-0.2, 0) is 47.4 Å². The summed E-state index contributed by atoms with van der Waals surface area (Å²) in [6.45, 7) is 11.7. The maximum Gasteiger partial charge on any atom is 0.305 e. The molecule has 0 aromatic heterocycles. The van der Waals surface area contributed by atoms with Gasteiger partial charge in [-0.2, -0.15) is 0 Å². The van der Waals surface area contributed by atoms with E-state index in [-0.39, 0.29) is 12.6 Å². The molecule has 0 heterocycles. The molecule has 0 fully saturated rings. The molecule has 222 valence electrons. The van der Waals surface area contributed by atoms with Crippen molar-refractivity contribution in [2.75, 3.05) is 133 Å². The molecule has 0 unspecified atom stereocenters. The summed E-state index contributed by atoms with van der Waals surface area (Å²) < 4.78 is 48.5. The number of hydrogen-bond donors (Lipinski definition) is 0. The summed E-state index contributed by atoms with van der Waals surface area (Å²) in [4.78, 5) is 13.5. The zero-order valence-corrected chi connectivity index (χ0v) is 23.6. The fourth-order valence-electron chi connectivity index (χ4n) is 2.69. The average molecular weight is 540 g/mol. The third kappa shape index (κ3) is 33.1.